The molecule has 1 fully saturated rings. The van der Waals surface area contributed by atoms with E-state index in [0.29, 0.717) is 6.42 Å². The number of carboxylic acids is 1. The van der Waals surface area contributed by atoms with Gasteiger partial charge in [-0.25, -0.2) is 4.39 Å². The standard InChI is InChI=1S/C11H12FNO2/c12-8-3-1-2-7(6-8)9-4-5-10(13-9)11(14)15/h1-3,6,9-10,13H,4-5H2,(H,14,15). The molecule has 0 bridgehead atoms. The van der Waals surface area contributed by atoms with Crippen LogP contribution in [0.25, 0.3) is 0 Å². The van der Waals surface area contributed by atoms with Crippen LogP contribution in [0.4, 0.5) is 4.39 Å². The summed E-state index contributed by atoms with van der Waals surface area (Å²) in [6.07, 6.45) is 1.33. The number of rotatable bonds is 2. The molecule has 4 heteroatoms. The Labute approximate surface area is 86.9 Å². The lowest BCUT2D eigenvalue weighted by atomic mass is 10.1. The van der Waals surface area contributed by atoms with Crippen molar-refractivity contribution in [3.05, 3.63) is 35.6 Å². The summed E-state index contributed by atoms with van der Waals surface area (Å²) in [4.78, 5) is 10.7. The maximum atomic E-state index is 12.9. The number of hydrogen-bond donors (Lipinski definition) is 2. The van der Waals surface area contributed by atoms with Crippen LogP contribution in [0, 0.1) is 5.82 Å². The highest BCUT2D eigenvalue weighted by atomic mass is 19.1. The van der Waals surface area contributed by atoms with Crippen molar-refractivity contribution in [3.63, 3.8) is 0 Å². The van der Waals surface area contributed by atoms with E-state index in [1.54, 1.807) is 6.07 Å². The number of nitrogens with one attached hydrogen (secondary N) is 1. The van der Waals surface area contributed by atoms with Gasteiger partial charge in [0.25, 0.3) is 0 Å². The first kappa shape index (κ1) is 10.1. The van der Waals surface area contributed by atoms with Crippen molar-refractivity contribution in [1.82, 2.24) is 5.32 Å². The normalized spacial score (nSPS) is 25.4. The van der Waals surface area contributed by atoms with Gasteiger partial charge in [-0.2, -0.15) is 0 Å². The van der Waals surface area contributed by atoms with Crippen LogP contribution in [0.3, 0.4) is 0 Å². The summed E-state index contributed by atoms with van der Waals surface area (Å²) < 4.78 is 12.9. The molecule has 0 aromatic heterocycles. The van der Waals surface area contributed by atoms with E-state index in [1.807, 2.05) is 6.07 Å². The molecular formula is C11H12FNO2. The van der Waals surface area contributed by atoms with E-state index in [0.717, 1.165) is 12.0 Å². The zero-order chi connectivity index (χ0) is 10.8. The van der Waals surface area contributed by atoms with Crippen LogP contribution in [0.1, 0.15) is 24.4 Å². The molecule has 0 amide bonds. The molecule has 0 spiro atoms. The van der Waals surface area contributed by atoms with Crippen LogP contribution in [0.2, 0.25) is 0 Å². The molecule has 2 unspecified atom stereocenters. The summed E-state index contributed by atoms with van der Waals surface area (Å²) in [6, 6.07) is 5.74. The summed E-state index contributed by atoms with van der Waals surface area (Å²) in [5.41, 5.74) is 0.818. The summed E-state index contributed by atoms with van der Waals surface area (Å²) >= 11 is 0. The van der Waals surface area contributed by atoms with E-state index >= 15 is 0 Å². The van der Waals surface area contributed by atoms with Crippen molar-refractivity contribution in [2.24, 2.45) is 0 Å². The van der Waals surface area contributed by atoms with Gasteiger partial charge in [0.05, 0.1) is 0 Å². The van der Waals surface area contributed by atoms with Gasteiger partial charge < -0.3 is 5.11 Å². The lowest BCUT2D eigenvalue weighted by Crippen LogP contribution is -2.31. The Kier molecular flexibility index (Phi) is 2.68. The van der Waals surface area contributed by atoms with Crippen LogP contribution < -0.4 is 5.32 Å². The maximum Gasteiger partial charge on any atom is 0.320 e. The summed E-state index contributed by atoms with van der Waals surface area (Å²) in [5, 5.41) is 11.8. The van der Waals surface area contributed by atoms with Crippen LogP contribution in [-0.2, 0) is 4.79 Å². The van der Waals surface area contributed by atoms with E-state index in [2.05, 4.69) is 5.32 Å². The number of carboxylic acid groups (broad SMARTS) is 1. The van der Waals surface area contributed by atoms with Crippen molar-refractivity contribution >= 4 is 5.97 Å². The van der Waals surface area contributed by atoms with Crippen molar-refractivity contribution in [2.75, 3.05) is 0 Å². The highest BCUT2D eigenvalue weighted by Crippen LogP contribution is 2.26. The number of benzene rings is 1. The molecule has 2 N–H and O–H groups in total. The molecule has 1 aliphatic heterocycles. The fraction of sp³-hybridized carbons (Fsp3) is 0.364. The van der Waals surface area contributed by atoms with Crippen molar-refractivity contribution in [3.8, 4) is 0 Å². The van der Waals surface area contributed by atoms with Gasteiger partial charge in [-0.1, -0.05) is 12.1 Å². The summed E-state index contributed by atoms with van der Waals surface area (Å²) in [7, 11) is 0. The molecule has 15 heavy (non-hydrogen) atoms. The van der Waals surface area contributed by atoms with Crippen LogP contribution in [-0.4, -0.2) is 17.1 Å². The number of halogens is 1. The smallest absolute Gasteiger partial charge is 0.320 e. The van der Waals surface area contributed by atoms with Gasteiger partial charge in [0, 0.05) is 6.04 Å². The Balaban J connectivity index is 2.11. The topological polar surface area (TPSA) is 49.3 Å². The molecule has 0 saturated carbocycles. The third kappa shape index (κ3) is 2.15. The molecule has 2 atom stereocenters. The molecule has 1 aromatic rings. The summed E-state index contributed by atoms with van der Waals surface area (Å²) in [6.45, 7) is 0. The minimum absolute atomic E-state index is 0.0400. The molecular weight excluding hydrogens is 197 g/mol. The predicted molar refractivity (Wildman–Crippen MR) is 52.9 cm³/mol. The Hall–Kier alpha value is -1.42. The Bertz CT molecular complexity index is 381. The quantitative estimate of drug-likeness (QED) is 0.779. The van der Waals surface area contributed by atoms with Gasteiger partial charge in [0.2, 0.25) is 0 Å². The average molecular weight is 209 g/mol. The molecule has 2 rings (SSSR count). The van der Waals surface area contributed by atoms with Crippen LogP contribution in [0.5, 0.6) is 0 Å². The van der Waals surface area contributed by atoms with E-state index in [1.165, 1.54) is 12.1 Å². The largest absolute Gasteiger partial charge is 0.480 e. The molecule has 80 valence electrons. The highest BCUT2D eigenvalue weighted by molar-refractivity contribution is 5.73. The third-order valence-electron chi connectivity index (χ3n) is 2.70. The van der Waals surface area contributed by atoms with Crippen molar-refractivity contribution in [1.29, 1.82) is 0 Å². The fourth-order valence-electron chi connectivity index (χ4n) is 1.92. The lowest BCUT2D eigenvalue weighted by molar-refractivity contribution is -0.139. The zero-order valence-electron chi connectivity index (χ0n) is 8.11. The third-order valence-corrected chi connectivity index (χ3v) is 2.70. The van der Waals surface area contributed by atoms with Crippen LogP contribution >= 0.6 is 0 Å². The molecule has 1 aromatic carbocycles. The second kappa shape index (κ2) is 3.98. The summed E-state index contributed by atoms with van der Waals surface area (Å²) in [5.74, 6) is -1.12. The Morgan fingerprint density at radius 1 is 1.47 bits per heavy atom. The molecule has 1 saturated heterocycles. The second-order valence-corrected chi connectivity index (χ2v) is 3.74. The van der Waals surface area contributed by atoms with E-state index in [9.17, 15) is 9.18 Å². The monoisotopic (exact) mass is 209 g/mol. The van der Waals surface area contributed by atoms with Gasteiger partial charge >= 0.3 is 5.97 Å². The first-order chi connectivity index (χ1) is 7.16. The fourth-order valence-corrected chi connectivity index (χ4v) is 1.92. The first-order valence-electron chi connectivity index (χ1n) is 4.91. The van der Waals surface area contributed by atoms with E-state index in [-0.39, 0.29) is 11.9 Å². The van der Waals surface area contributed by atoms with Crippen molar-refractivity contribution in [2.45, 2.75) is 24.9 Å². The first-order valence-corrected chi connectivity index (χ1v) is 4.91. The Morgan fingerprint density at radius 2 is 2.27 bits per heavy atom. The van der Waals surface area contributed by atoms with E-state index < -0.39 is 12.0 Å². The van der Waals surface area contributed by atoms with Crippen molar-refractivity contribution < 1.29 is 14.3 Å². The van der Waals surface area contributed by atoms with Gasteiger partial charge in [0.1, 0.15) is 11.9 Å². The predicted octanol–water partition coefficient (Wildman–Crippen LogP) is 1.70. The van der Waals surface area contributed by atoms with E-state index in [4.69, 9.17) is 5.11 Å². The Morgan fingerprint density at radius 3 is 2.87 bits per heavy atom. The average Bonchev–Trinajstić information content (AvgIpc) is 2.66. The molecule has 0 aliphatic carbocycles. The van der Waals surface area contributed by atoms with Gasteiger partial charge in [-0.3, -0.25) is 10.1 Å². The van der Waals surface area contributed by atoms with Gasteiger partial charge in [-0.15, -0.1) is 0 Å². The van der Waals surface area contributed by atoms with Gasteiger partial charge in [-0.05, 0) is 30.5 Å². The SMILES string of the molecule is O=C(O)C1CCC(c2cccc(F)c2)N1. The number of aliphatic carboxylic acids is 1. The minimum Gasteiger partial charge on any atom is -0.480 e. The van der Waals surface area contributed by atoms with Gasteiger partial charge in [0.15, 0.2) is 0 Å². The molecule has 3 nitrogen and oxygen atoms in total. The maximum absolute atomic E-state index is 12.9. The molecule has 1 aliphatic rings. The lowest BCUT2D eigenvalue weighted by Gasteiger charge is -2.11. The van der Waals surface area contributed by atoms with Crippen LogP contribution in [0.15, 0.2) is 24.3 Å². The molecule has 0 radical (unpaired) electrons. The minimum atomic E-state index is -0.839. The molecule has 1 heterocycles. The number of hydrogen-bond acceptors (Lipinski definition) is 2. The zero-order valence-corrected chi connectivity index (χ0v) is 8.11. The second-order valence-electron chi connectivity index (χ2n) is 3.74. The number of carbonyl (C=O) groups is 1. The highest BCUT2D eigenvalue weighted by Gasteiger charge is 2.29.